The minimum atomic E-state index is -3.09. The Balaban J connectivity index is 1.94. The van der Waals surface area contributed by atoms with Crippen LogP contribution in [0.15, 0.2) is 24.3 Å². The van der Waals surface area contributed by atoms with E-state index in [9.17, 15) is 18.0 Å². The molecule has 2 N–H and O–H groups in total. The largest absolute Gasteiger partial charge is 0.482 e. The predicted octanol–water partition coefficient (Wildman–Crippen LogP) is 0.717. The number of hydrogen-bond donors (Lipinski definition) is 2. The normalized spacial score (nSPS) is 22.3. The molecule has 1 aliphatic heterocycles. The van der Waals surface area contributed by atoms with E-state index in [1.54, 1.807) is 31.2 Å². The second kappa shape index (κ2) is 6.57. The summed E-state index contributed by atoms with van der Waals surface area (Å²) in [6.45, 7) is 2.83. The van der Waals surface area contributed by atoms with Gasteiger partial charge in [0.1, 0.15) is 5.75 Å². The lowest BCUT2D eigenvalue weighted by Gasteiger charge is -2.24. The van der Waals surface area contributed by atoms with Crippen LogP contribution in [-0.2, 0) is 19.4 Å². The van der Waals surface area contributed by atoms with Gasteiger partial charge in [-0.05, 0) is 25.5 Å². The van der Waals surface area contributed by atoms with Crippen LogP contribution in [0.3, 0.4) is 0 Å². The quantitative estimate of drug-likeness (QED) is 0.822. The fraction of sp³-hybridized carbons (Fsp3) is 0.467. The molecule has 1 aliphatic rings. The van der Waals surface area contributed by atoms with Gasteiger partial charge in [0.15, 0.2) is 16.4 Å². The van der Waals surface area contributed by atoms with Gasteiger partial charge >= 0.3 is 0 Å². The molecule has 1 atom stereocenters. The van der Waals surface area contributed by atoms with E-state index in [0.29, 0.717) is 17.9 Å². The third kappa shape index (κ3) is 4.95. The first-order chi connectivity index (χ1) is 10.7. The van der Waals surface area contributed by atoms with Gasteiger partial charge in [0.05, 0.1) is 22.7 Å². The van der Waals surface area contributed by atoms with E-state index in [0.717, 1.165) is 0 Å². The number of sulfone groups is 1. The highest BCUT2D eigenvalue weighted by Crippen LogP contribution is 2.24. The lowest BCUT2D eigenvalue weighted by Crippen LogP contribution is -2.48. The number of carbonyl (C=O) groups is 2. The monoisotopic (exact) mass is 340 g/mol. The van der Waals surface area contributed by atoms with Crippen LogP contribution >= 0.6 is 0 Å². The molecule has 0 unspecified atom stereocenters. The molecule has 7 nitrogen and oxygen atoms in total. The summed E-state index contributed by atoms with van der Waals surface area (Å²) in [5, 5.41) is 5.32. The van der Waals surface area contributed by atoms with E-state index in [4.69, 9.17) is 4.74 Å². The van der Waals surface area contributed by atoms with Gasteiger partial charge in [-0.25, -0.2) is 8.42 Å². The van der Waals surface area contributed by atoms with Gasteiger partial charge in [-0.15, -0.1) is 0 Å². The van der Waals surface area contributed by atoms with E-state index in [2.05, 4.69) is 10.6 Å². The van der Waals surface area contributed by atoms with Gasteiger partial charge < -0.3 is 15.4 Å². The van der Waals surface area contributed by atoms with Crippen molar-refractivity contribution in [2.24, 2.45) is 0 Å². The molecule has 8 heteroatoms. The fourth-order valence-electron chi connectivity index (χ4n) is 2.51. The number of benzene rings is 1. The number of rotatable bonds is 5. The molecule has 23 heavy (non-hydrogen) atoms. The van der Waals surface area contributed by atoms with Crippen LogP contribution in [0.4, 0.5) is 5.69 Å². The minimum Gasteiger partial charge on any atom is -0.482 e. The number of carbonyl (C=O) groups excluding carboxylic acids is 2. The van der Waals surface area contributed by atoms with Crippen molar-refractivity contribution in [3.63, 3.8) is 0 Å². The lowest BCUT2D eigenvalue weighted by molar-refractivity contribution is -0.124. The SMILES string of the molecule is CC(=O)Nc1ccccc1OCC(=O)N[C@]1(C)CCS(=O)(=O)C1. The fourth-order valence-corrected chi connectivity index (χ4v) is 4.60. The number of para-hydroxylation sites is 2. The first-order valence-corrected chi connectivity index (χ1v) is 9.02. The van der Waals surface area contributed by atoms with Crippen molar-refractivity contribution < 1.29 is 22.7 Å². The smallest absolute Gasteiger partial charge is 0.258 e. The summed E-state index contributed by atoms with van der Waals surface area (Å²) in [7, 11) is -3.09. The van der Waals surface area contributed by atoms with Crippen molar-refractivity contribution in [2.75, 3.05) is 23.4 Å². The number of anilines is 1. The van der Waals surface area contributed by atoms with E-state index in [1.807, 2.05) is 0 Å². The Kier molecular flexibility index (Phi) is 4.93. The number of ether oxygens (including phenoxy) is 1. The van der Waals surface area contributed by atoms with Crippen molar-refractivity contribution in [1.29, 1.82) is 0 Å². The molecule has 0 aliphatic carbocycles. The summed E-state index contributed by atoms with van der Waals surface area (Å²) in [5.74, 6) is -0.247. The third-order valence-electron chi connectivity index (χ3n) is 3.50. The first kappa shape index (κ1) is 17.3. The summed E-state index contributed by atoms with van der Waals surface area (Å²) in [6.07, 6.45) is 0.392. The highest BCUT2D eigenvalue weighted by Gasteiger charge is 2.39. The molecule has 1 heterocycles. The van der Waals surface area contributed by atoms with Crippen LogP contribution in [0.1, 0.15) is 20.3 Å². The Morgan fingerprint density at radius 2 is 2.00 bits per heavy atom. The highest BCUT2D eigenvalue weighted by molar-refractivity contribution is 7.91. The zero-order valence-electron chi connectivity index (χ0n) is 13.1. The second-order valence-electron chi connectivity index (χ2n) is 5.92. The average molecular weight is 340 g/mol. The highest BCUT2D eigenvalue weighted by atomic mass is 32.2. The lowest BCUT2D eigenvalue weighted by atomic mass is 10.0. The van der Waals surface area contributed by atoms with E-state index < -0.39 is 21.3 Å². The Bertz CT molecular complexity index is 716. The summed E-state index contributed by atoms with van der Waals surface area (Å²) >= 11 is 0. The van der Waals surface area contributed by atoms with Gasteiger partial charge in [0.2, 0.25) is 5.91 Å². The van der Waals surface area contributed by atoms with Gasteiger partial charge in [-0.3, -0.25) is 9.59 Å². The maximum absolute atomic E-state index is 12.0. The molecule has 0 radical (unpaired) electrons. The molecule has 2 amide bonds. The van der Waals surface area contributed by atoms with Gasteiger partial charge in [0, 0.05) is 6.92 Å². The van der Waals surface area contributed by atoms with Crippen molar-refractivity contribution in [1.82, 2.24) is 5.32 Å². The summed E-state index contributed by atoms with van der Waals surface area (Å²) < 4.78 is 28.5. The van der Waals surface area contributed by atoms with E-state index in [-0.39, 0.29) is 24.0 Å². The molecular formula is C15H20N2O5S. The van der Waals surface area contributed by atoms with E-state index >= 15 is 0 Å². The Morgan fingerprint density at radius 1 is 1.30 bits per heavy atom. The van der Waals surface area contributed by atoms with Crippen LogP contribution in [0, 0.1) is 0 Å². The molecule has 0 aromatic heterocycles. The molecular weight excluding hydrogens is 320 g/mol. The van der Waals surface area contributed by atoms with E-state index in [1.165, 1.54) is 6.92 Å². The molecule has 126 valence electrons. The van der Waals surface area contributed by atoms with Crippen LogP contribution in [0.2, 0.25) is 0 Å². The van der Waals surface area contributed by atoms with Crippen molar-refractivity contribution in [3.8, 4) is 5.75 Å². The molecule has 1 aromatic rings. The first-order valence-electron chi connectivity index (χ1n) is 7.20. The van der Waals surface area contributed by atoms with Crippen molar-refractivity contribution in [3.05, 3.63) is 24.3 Å². The third-order valence-corrected chi connectivity index (χ3v) is 5.40. The number of nitrogens with one attached hydrogen (secondary N) is 2. The van der Waals surface area contributed by atoms with Crippen LogP contribution in [0.5, 0.6) is 5.75 Å². The van der Waals surface area contributed by atoms with Crippen LogP contribution in [-0.4, -0.2) is 43.9 Å². The van der Waals surface area contributed by atoms with Gasteiger partial charge in [-0.2, -0.15) is 0 Å². The zero-order chi connectivity index (χ0) is 17.1. The Labute approximate surface area is 135 Å². The standard InChI is InChI=1S/C15H20N2O5S/c1-11(18)16-12-5-3-4-6-13(12)22-9-14(19)17-15(2)7-8-23(20,21)10-15/h3-6H,7-10H2,1-2H3,(H,16,18)(H,17,19)/t15-/m1/s1. The van der Waals surface area contributed by atoms with Crippen molar-refractivity contribution in [2.45, 2.75) is 25.8 Å². The molecule has 1 fully saturated rings. The van der Waals surface area contributed by atoms with Crippen LogP contribution < -0.4 is 15.4 Å². The molecule has 0 bridgehead atoms. The number of hydrogen-bond acceptors (Lipinski definition) is 5. The average Bonchev–Trinajstić information content (AvgIpc) is 2.70. The molecule has 1 aromatic carbocycles. The van der Waals surface area contributed by atoms with Crippen molar-refractivity contribution >= 4 is 27.3 Å². The summed E-state index contributed by atoms with van der Waals surface area (Å²) in [6, 6.07) is 6.77. The minimum absolute atomic E-state index is 0.0613. The zero-order valence-corrected chi connectivity index (χ0v) is 13.9. The maximum Gasteiger partial charge on any atom is 0.258 e. The molecule has 0 spiro atoms. The summed E-state index contributed by atoms with van der Waals surface area (Å²) in [4.78, 5) is 23.1. The maximum atomic E-state index is 12.0. The molecule has 1 saturated heterocycles. The molecule has 0 saturated carbocycles. The molecule has 2 rings (SSSR count). The second-order valence-corrected chi connectivity index (χ2v) is 8.10. The van der Waals surface area contributed by atoms with Gasteiger partial charge in [0.25, 0.3) is 5.91 Å². The topological polar surface area (TPSA) is 102 Å². The predicted molar refractivity (Wildman–Crippen MR) is 86.1 cm³/mol. The number of amides is 2. The summed E-state index contributed by atoms with van der Waals surface area (Å²) in [5.41, 5.74) is -0.279. The Hall–Kier alpha value is -2.09. The Morgan fingerprint density at radius 3 is 2.61 bits per heavy atom. The van der Waals surface area contributed by atoms with Gasteiger partial charge in [-0.1, -0.05) is 12.1 Å². The van der Waals surface area contributed by atoms with Crippen LogP contribution in [0.25, 0.3) is 0 Å².